The van der Waals surface area contributed by atoms with Gasteiger partial charge in [-0.15, -0.1) is 0 Å². The number of aliphatic hydroxyl groups is 1. The van der Waals surface area contributed by atoms with E-state index in [1.165, 1.54) is 4.90 Å². The van der Waals surface area contributed by atoms with Crippen LogP contribution in [0.25, 0.3) is 0 Å². The Labute approximate surface area is 282 Å². The topological polar surface area (TPSA) is 490 Å². The largest absolute Gasteiger partial charge is 0.396 e. The van der Waals surface area contributed by atoms with Crippen molar-refractivity contribution in [3.63, 3.8) is 0 Å². The van der Waals surface area contributed by atoms with E-state index in [0.29, 0.717) is 0 Å². The molecular weight excluding hydrogens is 858 g/mol. The second-order valence-corrected chi connectivity index (χ2v) is 25.5. The van der Waals surface area contributed by atoms with E-state index in [0.717, 1.165) is 0 Å². The quantitative estimate of drug-likeness (QED) is 0.0339. The van der Waals surface area contributed by atoms with Crippen LogP contribution >= 0.6 is 60.8 Å². The van der Waals surface area contributed by atoms with Crippen molar-refractivity contribution < 1.29 is 120 Å². The van der Waals surface area contributed by atoms with Crippen LogP contribution in [0.15, 0.2) is 0 Å². The highest BCUT2D eigenvalue weighted by Gasteiger charge is 2.59. The van der Waals surface area contributed by atoms with Crippen LogP contribution in [0.2, 0.25) is 0 Å². The van der Waals surface area contributed by atoms with Crippen LogP contribution in [-0.2, 0) is 36.5 Å². The maximum absolute atomic E-state index is 12.0. The van der Waals surface area contributed by atoms with Gasteiger partial charge in [0.25, 0.3) is 0 Å². The predicted molar refractivity (Wildman–Crippen MR) is 167 cm³/mol. The summed E-state index contributed by atoms with van der Waals surface area (Å²) in [7, 11) is -49.3. The number of hydrogen-bond donors (Lipinski definition) is 17. The third-order valence-corrected chi connectivity index (χ3v) is 20.7. The fraction of sp³-hybridized carbons (Fsp3) is 1.00. The smallest absolute Gasteiger partial charge is 0.355 e. The minimum Gasteiger partial charge on any atom is -0.396 e. The number of unbranched alkanes of at least 4 members (excludes halogenated alkanes) is 1. The van der Waals surface area contributed by atoms with E-state index in [-0.39, 0.29) is 19.4 Å². The zero-order chi connectivity index (χ0) is 40.1. The first-order valence-corrected chi connectivity index (χ1v) is 26.6. The highest BCUT2D eigenvalue weighted by atomic mass is 31.3. The first-order valence-electron chi connectivity index (χ1n) is 13.2. The molecule has 28 nitrogen and oxygen atoms in total. The van der Waals surface area contributed by atoms with Crippen LogP contribution in [0.4, 0.5) is 0 Å². The lowest BCUT2D eigenvalue weighted by molar-refractivity contribution is 0.174. The number of rotatable bonds is 24. The second kappa shape index (κ2) is 18.8. The molecule has 0 heterocycles. The van der Waals surface area contributed by atoms with Crippen molar-refractivity contribution in [1.82, 2.24) is 14.7 Å². The molecule has 0 spiro atoms. The predicted octanol–water partition coefficient (Wildman–Crippen LogP) is -3.00. The van der Waals surface area contributed by atoms with E-state index >= 15 is 0 Å². The molecule has 17 N–H and O–H groups in total. The van der Waals surface area contributed by atoms with Crippen molar-refractivity contribution in [2.75, 3.05) is 39.3 Å². The number of nitrogens with zero attached hydrogens (tertiary/aromatic N) is 3. The standard InChI is InChI=1S/C14H41N3O25P8/c18-10-2-1-5-15(6-3-8-16(11(43(19,20)21)44(22,23)24)12(45(25,26)27)46(28,29)30)7-4-9-17(13(47(31,32)33)48(34,35)36)14(49(37,38)39)50(40,41)42/h11-14,18H,1-10H2,(H2,19,20,21)(H2,22,23,24)(H2,25,26,27)(H2,28,29,30)(H2,31,32,33)(H2,34,35,36)(H2,37,38,39)(H2,40,41,42). The molecule has 0 saturated heterocycles. The third kappa shape index (κ3) is 16.8. The van der Waals surface area contributed by atoms with Crippen LogP contribution in [0, 0.1) is 0 Å². The van der Waals surface area contributed by atoms with Gasteiger partial charge in [-0.1, -0.05) is 0 Å². The van der Waals surface area contributed by atoms with Crippen molar-refractivity contribution >= 4 is 60.8 Å². The van der Waals surface area contributed by atoms with Gasteiger partial charge in [0.1, 0.15) is 0 Å². The molecule has 0 unspecified atom stereocenters. The van der Waals surface area contributed by atoms with Crippen LogP contribution in [0.1, 0.15) is 25.7 Å². The van der Waals surface area contributed by atoms with E-state index in [1.54, 1.807) is 0 Å². The van der Waals surface area contributed by atoms with Crippen LogP contribution in [0.3, 0.4) is 0 Å². The summed E-state index contributed by atoms with van der Waals surface area (Å²) in [5, 5.41) is 9.11. The summed E-state index contributed by atoms with van der Waals surface area (Å²) >= 11 is 0. The third-order valence-electron chi connectivity index (χ3n) is 6.26. The van der Waals surface area contributed by atoms with Crippen LogP contribution < -0.4 is 0 Å². The van der Waals surface area contributed by atoms with Gasteiger partial charge in [-0.3, -0.25) is 46.3 Å². The van der Waals surface area contributed by atoms with Gasteiger partial charge in [-0.05, 0) is 45.3 Å². The molecule has 0 aromatic carbocycles. The Hall–Kier alpha value is 1.04. The summed E-state index contributed by atoms with van der Waals surface area (Å²) in [6.45, 7) is -4.17. The fourth-order valence-electron chi connectivity index (χ4n) is 4.77. The molecule has 0 rings (SSSR count). The van der Waals surface area contributed by atoms with Crippen molar-refractivity contribution in [1.29, 1.82) is 0 Å². The van der Waals surface area contributed by atoms with Gasteiger partial charge in [0.2, 0.25) is 22.1 Å². The lowest BCUT2D eigenvalue weighted by atomic mass is 10.2. The van der Waals surface area contributed by atoms with E-state index < -0.39 is 138 Å². The summed E-state index contributed by atoms with van der Waals surface area (Å²) in [5.74, 6) is 0. The van der Waals surface area contributed by atoms with Crippen molar-refractivity contribution in [3.8, 4) is 0 Å². The monoisotopic (exact) mass is 899 g/mol. The molecule has 0 aliphatic heterocycles. The molecule has 50 heavy (non-hydrogen) atoms. The maximum Gasteiger partial charge on any atom is 0.355 e. The highest BCUT2D eigenvalue weighted by Crippen LogP contribution is 2.70. The SMILES string of the molecule is O=P(O)(O)C(N(CCCN(CCCCO)CCCN(C(P(=O)(O)O)P(=O)(O)O)C(P(=O)(O)O)P(=O)(O)O)C(P(=O)(O)O)P(=O)(O)O)P(=O)(O)O. The highest BCUT2D eigenvalue weighted by molar-refractivity contribution is 7.73. The second-order valence-electron chi connectivity index (χ2n) is 10.6. The van der Waals surface area contributed by atoms with Crippen molar-refractivity contribution in [3.05, 3.63) is 0 Å². The average molecular weight is 899 g/mol. The Bertz CT molecular complexity index is 1210. The molecule has 36 heteroatoms. The molecule has 0 aromatic rings. The summed E-state index contributed by atoms with van der Waals surface area (Å²) in [6, 6.07) is 0. The molecule has 0 fully saturated rings. The molecular formula is C14H41N3O25P8. The molecule has 0 bridgehead atoms. The molecule has 0 saturated carbocycles. The Morgan fingerprint density at radius 2 is 0.520 bits per heavy atom. The number of aliphatic hydroxyl groups excluding tert-OH is 1. The van der Waals surface area contributed by atoms with Gasteiger partial charge in [0, 0.05) is 19.7 Å². The van der Waals surface area contributed by atoms with E-state index in [1.807, 2.05) is 0 Å². The Balaban J connectivity index is 6.75. The Morgan fingerprint density at radius 1 is 0.320 bits per heavy atom. The van der Waals surface area contributed by atoms with Gasteiger partial charge < -0.3 is 88.3 Å². The lowest BCUT2D eigenvalue weighted by Gasteiger charge is -2.38. The first kappa shape index (κ1) is 51.0. The normalized spacial score (nSPS) is 15.2. The molecule has 0 atom stereocenters. The van der Waals surface area contributed by atoms with Gasteiger partial charge >= 0.3 is 60.8 Å². The molecule has 302 valence electrons. The minimum absolute atomic E-state index is 0.0582. The van der Waals surface area contributed by atoms with E-state index in [9.17, 15) is 115 Å². The number of hydrogen-bond acceptors (Lipinski definition) is 12. The van der Waals surface area contributed by atoms with Gasteiger partial charge in [0.15, 0.2) is 0 Å². The molecule has 0 aliphatic carbocycles. The van der Waals surface area contributed by atoms with Gasteiger partial charge in [0.05, 0.1) is 0 Å². The van der Waals surface area contributed by atoms with Gasteiger partial charge in [-0.25, -0.2) is 0 Å². The Kier molecular flexibility index (Phi) is 19.2. The Morgan fingerprint density at radius 3 is 0.700 bits per heavy atom. The van der Waals surface area contributed by atoms with Crippen LogP contribution in [0.5, 0.6) is 0 Å². The van der Waals surface area contributed by atoms with Crippen molar-refractivity contribution in [2.45, 2.75) is 47.8 Å². The first-order chi connectivity index (χ1) is 21.9. The minimum atomic E-state index is -6.16. The maximum atomic E-state index is 12.0. The summed E-state index contributed by atoms with van der Waals surface area (Å²) in [4.78, 5) is 154. The summed E-state index contributed by atoms with van der Waals surface area (Å²) < 4.78 is 96.3. The zero-order valence-corrected chi connectivity index (χ0v) is 32.3. The van der Waals surface area contributed by atoms with E-state index in [4.69, 9.17) is 5.11 Å². The van der Waals surface area contributed by atoms with Gasteiger partial charge in [-0.2, -0.15) is 0 Å². The molecule has 0 aliphatic rings. The average Bonchev–Trinajstić information content (AvgIpc) is 2.76. The molecule has 0 radical (unpaired) electrons. The van der Waals surface area contributed by atoms with Crippen molar-refractivity contribution in [2.24, 2.45) is 0 Å². The fourth-order valence-corrected chi connectivity index (χ4v) is 17.0. The molecule has 0 amide bonds. The van der Waals surface area contributed by atoms with E-state index in [2.05, 4.69) is 0 Å². The molecule has 0 aromatic heterocycles. The summed E-state index contributed by atoms with van der Waals surface area (Å²) in [6.07, 6.45) is -1.30. The van der Waals surface area contributed by atoms with Crippen LogP contribution in [-0.4, -0.2) is 160 Å². The lowest BCUT2D eigenvalue weighted by Crippen LogP contribution is -2.45. The zero-order valence-electron chi connectivity index (χ0n) is 25.2. The summed E-state index contributed by atoms with van der Waals surface area (Å²) in [5.41, 5.74) is -14.0.